The fourth-order valence-corrected chi connectivity index (χ4v) is 3.17. The molecule has 1 heterocycles. The second-order valence-corrected chi connectivity index (χ2v) is 8.07. The highest BCUT2D eigenvalue weighted by Crippen LogP contribution is 2.29. The molecule has 3 atom stereocenters. The summed E-state index contributed by atoms with van der Waals surface area (Å²) in [6, 6.07) is 9.75. The molecule has 10 heteroatoms. The van der Waals surface area contributed by atoms with Gasteiger partial charge in [-0.15, -0.1) is 0 Å². The summed E-state index contributed by atoms with van der Waals surface area (Å²) in [7, 11) is 1.39. The van der Waals surface area contributed by atoms with E-state index in [1.807, 2.05) is 44.2 Å². The first kappa shape index (κ1) is 27.4. The number of benzene rings is 1. The molecule has 1 aromatic carbocycles. The van der Waals surface area contributed by atoms with Gasteiger partial charge < -0.3 is 29.0 Å². The average Bonchev–Trinajstić information content (AvgIpc) is 2.82. The van der Waals surface area contributed by atoms with Crippen molar-refractivity contribution in [3.63, 3.8) is 0 Å². The topological polar surface area (TPSA) is 122 Å². The Labute approximate surface area is 204 Å². The summed E-state index contributed by atoms with van der Waals surface area (Å²) in [5, 5.41) is 2.55. The highest BCUT2D eigenvalue weighted by Gasteiger charge is 2.29. The van der Waals surface area contributed by atoms with E-state index in [1.165, 1.54) is 33.2 Å². The number of ether oxygens (including phenoxy) is 5. The lowest BCUT2D eigenvalue weighted by molar-refractivity contribution is -0.156. The van der Waals surface area contributed by atoms with Crippen molar-refractivity contribution in [2.24, 2.45) is 5.92 Å². The summed E-state index contributed by atoms with van der Waals surface area (Å²) in [4.78, 5) is 40.6. The van der Waals surface area contributed by atoms with E-state index in [1.54, 1.807) is 6.92 Å². The van der Waals surface area contributed by atoms with Crippen LogP contribution in [0.25, 0.3) is 0 Å². The maximum atomic E-state index is 12.9. The molecule has 1 amide bonds. The van der Waals surface area contributed by atoms with Gasteiger partial charge in [0.25, 0.3) is 5.91 Å². The van der Waals surface area contributed by atoms with Crippen molar-refractivity contribution in [3.05, 3.63) is 48.3 Å². The molecule has 0 unspecified atom stereocenters. The highest BCUT2D eigenvalue weighted by atomic mass is 16.7. The van der Waals surface area contributed by atoms with E-state index < -0.39 is 42.9 Å². The second kappa shape index (κ2) is 13.2. The lowest BCUT2D eigenvalue weighted by Crippen LogP contribution is -2.44. The average molecular weight is 489 g/mol. The predicted molar refractivity (Wildman–Crippen MR) is 126 cm³/mol. The molecule has 10 nitrogen and oxygen atoms in total. The Morgan fingerprint density at radius 2 is 1.71 bits per heavy atom. The number of methoxy groups -OCH3 is 1. The zero-order valence-corrected chi connectivity index (χ0v) is 20.8. The standard InChI is InChI=1S/C25H32N2O8/c1-15(2)22(35-19-10-8-7-9-11-19)17(4)34-25(30)16(3)27-24(29)21-23(33-14-32-18(5)28)20(31-6)12-13-26-21/h7-13,15-17,22H,14H2,1-6H3,(H,27,29)/t16-,17-,22+/m0/s1. The molecule has 35 heavy (non-hydrogen) atoms. The molecule has 0 spiro atoms. The van der Waals surface area contributed by atoms with Gasteiger partial charge >= 0.3 is 11.9 Å². The van der Waals surface area contributed by atoms with Crippen LogP contribution in [-0.4, -0.2) is 55.0 Å². The lowest BCUT2D eigenvalue weighted by Gasteiger charge is -2.29. The van der Waals surface area contributed by atoms with Crippen LogP contribution in [0.5, 0.6) is 17.2 Å². The molecule has 0 fully saturated rings. The van der Waals surface area contributed by atoms with E-state index in [2.05, 4.69) is 10.3 Å². The molecule has 0 saturated carbocycles. The number of hydrogen-bond acceptors (Lipinski definition) is 9. The summed E-state index contributed by atoms with van der Waals surface area (Å²) in [6.07, 6.45) is 0.372. The summed E-state index contributed by atoms with van der Waals surface area (Å²) in [5.41, 5.74) is -0.142. The number of nitrogens with zero attached hydrogens (tertiary/aromatic N) is 1. The van der Waals surface area contributed by atoms with E-state index in [0.29, 0.717) is 5.75 Å². The number of amides is 1. The van der Waals surface area contributed by atoms with Crippen LogP contribution in [0.15, 0.2) is 42.6 Å². The van der Waals surface area contributed by atoms with Crippen LogP contribution in [0, 0.1) is 5.92 Å². The third-order valence-electron chi connectivity index (χ3n) is 4.91. The first-order valence-electron chi connectivity index (χ1n) is 11.2. The van der Waals surface area contributed by atoms with Gasteiger partial charge in [0.1, 0.15) is 24.0 Å². The van der Waals surface area contributed by atoms with Crippen molar-refractivity contribution in [2.45, 2.75) is 52.9 Å². The molecule has 0 saturated heterocycles. The van der Waals surface area contributed by atoms with Gasteiger partial charge in [0, 0.05) is 19.2 Å². The Balaban J connectivity index is 2.06. The molecule has 2 rings (SSSR count). The molecule has 0 radical (unpaired) electrons. The minimum absolute atomic E-state index is 0.0289. The first-order chi connectivity index (χ1) is 16.6. The van der Waals surface area contributed by atoms with E-state index in [-0.39, 0.29) is 23.1 Å². The normalized spacial score (nSPS) is 13.2. The van der Waals surface area contributed by atoms with Crippen LogP contribution in [0.3, 0.4) is 0 Å². The smallest absolute Gasteiger partial charge is 0.328 e. The van der Waals surface area contributed by atoms with Crippen molar-refractivity contribution < 1.29 is 38.1 Å². The molecule has 0 bridgehead atoms. The third-order valence-corrected chi connectivity index (χ3v) is 4.91. The maximum absolute atomic E-state index is 12.9. The summed E-state index contributed by atoms with van der Waals surface area (Å²) in [5.74, 6) is -0.988. The SMILES string of the molecule is COc1ccnc(C(=O)N[C@@H](C)C(=O)O[C@@H](C)[C@H](Oc2ccccc2)C(C)C)c1OCOC(C)=O. The van der Waals surface area contributed by atoms with Gasteiger partial charge in [-0.05, 0) is 31.9 Å². The predicted octanol–water partition coefficient (Wildman–Crippen LogP) is 3.14. The number of esters is 2. The molecule has 0 aliphatic heterocycles. The Kier molecular flexibility index (Phi) is 10.3. The van der Waals surface area contributed by atoms with Gasteiger partial charge in [0.05, 0.1) is 7.11 Å². The molecule has 0 aliphatic rings. The Morgan fingerprint density at radius 3 is 2.31 bits per heavy atom. The number of aromatic nitrogens is 1. The third kappa shape index (κ3) is 8.16. The van der Waals surface area contributed by atoms with Crippen LogP contribution in [0.2, 0.25) is 0 Å². The van der Waals surface area contributed by atoms with Gasteiger partial charge in [0.2, 0.25) is 6.79 Å². The summed E-state index contributed by atoms with van der Waals surface area (Å²) in [6.45, 7) is 7.95. The summed E-state index contributed by atoms with van der Waals surface area (Å²) >= 11 is 0. The van der Waals surface area contributed by atoms with Crippen molar-refractivity contribution in [1.82, 2.24) is 10.3 Å². The molecule has 0 aliphatic carbocycles. The van der Waals surface area contributed by atoms with E-state index in [0.717, 1.165) is 0 Å². The Morgan fingerprint density at radius 1 is 1.03 bits per heavy atom. The second-order valence-electron chi connectivity index (χ2n) is 8.07. The highest BCUT2D eigenvalue weighted by molar-refractivity contribution is 5.98. The van der Waals surface area contributed by atoms with E-state index in [4.69, 9.17) is 23.7 Å². The maximum Gasteiger partial charge on any atom is 0.328 e. The fourth-order valence-electron chi connectivity index (χ4n) is 3.17. The van der Waals surface area contributed by atoms with Gasteiger partial charge in [-0.1, -0.05) is 32.0 Å². The lowest BCUT2D eigenvalue weighted by atomic mass is 10.0. The molecule has 190 valence electrons. The first-order valence-corrected chi connectivity index (χ1v) is 11.2. The van der Waals surface area contributed by atoms with E-state index in [9.17, 15) is 14.4 Å². The van der Waals surface area contributed by atoms with Gasteiger partial charge in [0.15, 0.2) is 17.2 Å². The Hall–Kier alpha value is -3.82. The van der Waals surface area contributed by atoms with Crippen LogP contribution in [0.4, 0.5) is 0 Å². The van der Waals surface area contributed by atoms with Crippen molar-refractivity contribution in [2.75, 3.05) is 13.9 Å². The zero-order chi connectivity index (χ0) is 26.0. The molecule has 2 aromatic rings. The van der Waals surface area contributed by atoms with Crippen molar-refractivity contribution >= 4 is 17.8 Å². The number of pyridine rings is 1. The fraction of sp³-hybridized carbons (Fsp3) is 0.440. The molecular weight excluding hydrogens is 456 g/mol. The molecule has 1 aromatic heterocycles. The van der Waals surface area contributed by atoms with E-state index >= 15 is 0 Å². The molecular formula is C25H32N2O8. The number of carbonyl (C=O) groups excluding carboxylic acids is 3. The van der Waals surface area contributed by atoms with Crippen molar-refractivity contribution in [1.29, 1.82) is 0 Å². The van der Waals surface area contributed by atoms with Crippen LogP contribution < -0.4 is 19.5 Å². The number of hydrogen-bond donors (Lipinski definition) is 1. The largest absolute Gasteiger partial charge is 0.493 e. The zero-order valence-electron chi connectivity index (χ0n) is 20.8. The minimum Gasteiger partial charge on any atom is -0.493 e. The Bertz CT molecular complexity index is 996. The van der Waals surface area contributed by atoms with Gasteiger partial charge in [-0.3, -0.25) is 9.59 Å². The number of rotatable bonds is 12. The van der Waals surface area contributed by atoms with Crippen molar-refractivity contribution in [3.8, 4) is 17.2 Å². The number of nitrogens with one attached hydrogen (secondary N) is 1. The van der Waals surface area contributed by atoms with Gasteiger partial charge in [-0.25, -0.2) is 9.78 Å². The van der Waals surface area contributed by atoms with Crippen LogP contribution in [0.1, 0.15) is 45.1 Å². The monoisotopic (exact) mass is 488 g/mol. The number of carbonyl (C=O) groups is 3. The van der Waals surface area contributed by atoms with Gasteiger partial charge in [-0.2, -0.15) is 0 Å². The summed E-state index contributed by atoms with van der Waals surface area (Å²) < 4.78 is 27.0. The molecule has 1 N–H and O–H groups in total. The van der Waals surface area contributed by atoms with Crippen LogP contribution in [-0.2, 0) is 19.1 Å². The minimum atomic E-state index is -0.996. The van der Waals surface area contributed by atoms with Crippen LogP contribution >= 0.6 is 0 Å². The number of para-hydroxylation sites is 1. The quantitative estimate of drug-likeness (QED) is 0.355.